The van der Waals surface area contributed by atoms with Crippen LogP contribution in [0.15, 0.2) is 52.4 Å². The molecule has 2 aromatic rings. The van der Waals surface area contributed by atoms with Gasteiger partial charge in [0.15, 0.2) is 5.82 Å². The van der Waals surface area contributed by atoms with Gasteiger partial charge in [0.25, 0.3) is 0 Å². The standard InChI is InChI=1S/C20H24N4O2S/c25-20(24-12-14-26-15-13-24)16-8-10-23(11-9-16)18-6-7-19(22-21-18)27-17-4-2-1-3-5-17/h1-7,16H,8-15H2. The minimum absolute atomic E-state index is 0.125. The first-order valence-electron chi connectivity index (χ1n) is 9.48. The third kappa shape index (κ3) is 4.59. The molecule has 2 aliphatic rings. The third-order valence-electron chi connectivity index (χ3n) is 5.08. The first-order chi connectivity index (χ1) is 13.3. The van der Waals surface area contributed by atoms with Crippen LogP contribution in [0.1, 0.15) is 12.8 Å². The van der Waals surface area contributed by atoms with Crippen molar-refractivity contribution in [3.05, 3.63) is 42.5 Å². The highest BCUT2D eigenvalue weighted by atomic mass is 32.2. The molecule has 0 atom stereocenters. The zero-order valence-corrected chi connectivity index (χ0v) is 16.1. The lowest BCUT2D eigenvalue weighted by atomic mass is 9.95. The zero-order valence-electron chi connectivity index (χ0n) is 15.3. The Hall–Kier alpha value is -2.12. The largest absolute Gasteiger partial charge is 0.378 e. The summed E-state index contributed by atoms with van der Waals surface area (Å²) in [6, 6.07) is 14.2. The number of hydrogen-bond donors (Lipinski definition) is 0. The predicted octanol–water partition coefficient (Wildman–Crippen LogP) is 2.70. The summed E-state index contributed by atoms with van der Waals surface area (Å²) >= 11 is 1.61. The van der Waals surface area contributed by atoms with Gasteiger partial charge in [0.2, 0.25) is 5.91 Å². The van der Waals surface area contributed by atoms with E-state index in [1.54, 1.807) is 11.8 Å². The number of piperidine rings is 1. The van der Waals surface area contributed by atoms with E-state index in [-0.39, 0.29) is 5.92 Å². The van der Waals surface area contributed by atoms with Crippen LogP contribution in [-0.4, -0.2) is 60.4 Å². The maximum absolute atomic E-state index is 12.6. The lowest BCUT2D eigenvalue weighted by Crippen LogP contribution is -2.47. The Balaban J connectivity index is 1.31. The van der Waals surface area contributed by atoms with Crippen molar-refractivity contribution in [2.24, 2.45) is 5.92 Å². The minimum Gasteiger partial charge on any atom is -0.378 e. The van der Waals surface area contributed by atoms with Crippen LogP contribution in [0.3, 0.4) is 0 Å². The molecule has 0 N–H and O–H groups in total. The number of carbonyl (C=O) groups excluding carboxylic acids is 1. The van der Waals surface area contributed by atoms with Gasteiger partial charge >= 0.3 is 0 Å². The van der Waals surface area contributed by atoms with Crippen molar-refractivity contribution in [1.82, 2.24) is 15.1 Å². The van der Waals surface area contributed by atoms with Gasteiger partial charge in [-0.25, -0.2) is 0 Å². The van der Waals surface area contributed by atoms with Gasteiger partial charge in [-0.1, -0.05) is 30.0 Å². The van der Waals surface area contributed by atoms with E-state index in [0.29, 0.717) is 19.1 Å². The first kappa shape index (κ1) is 18.3. The Morgan fingerprint density at radius 2 is 1.70 bits per heavy atom. The highest BCUT2D eigenvalue weighted by molar-refractivity contribution is 7.99. The Morgan fingerprint density at radius 3 is 2.37 bits per heavy atom. The minimum atomic E-state index is 0.125. The molecule has 27 heavy (non-hydrogen) atoms. The van der Waals surface area contributed by atoms with Gasteiger partial charge in [-0.2, -0.15) is 0 Å². The maximum Gasteiger partial charge on any atom is 0.225 e. The van der Waals surface area contributed by atoms with Crippen LogP contribution in [0, 0.1) is 5.92 Å². The summed E-state index contributed by atoms with van der Waals surface area (Å²) in [6.07, 6.45) is 1.75. The van der Waals surface area contributed by atoms with Crippen LogP contribution in [-0.2, 0) is 9.53 Å². The average Bonchev–Trinajstić information content (AvgIpc) is 2.75. The van der Waals surface area contributed by atoms with Gasteiger partial charge in [-0.15, -0.1) is 10.2 Å². The highest BCUT2D eigenvalue weighted by Gasteiger charge is 2.29. The molecule has 2 fully saturated rings. The SMILES string of the molecule is O=C(C1CCN(c2ccc(Sc3ccccc3)nn2)CC1)N1CCOCC1. The van der Waals surface area contributed by atoms with E-state index in [9.17, 15) is 4.79 Å². The maximum atomic E-state index is 12.6. The van der Waals surface area contributed by atoms with Gasteiger partial charge < -0.3 is 14.5 Å². The summed E-state index contributed by atoms with van der Waals surface area (Å²) < 4.78 is 5.34. The Kier molecular flexibility index (Phi) is 5.89. The summed E-state index contributed by atoms with van der Waals surface area (Å²) in [5.41, 5.74) is 0. The van der Waals surface area contributed by atoms with Gasteiger partial charge in [-0.05, 0) is 37.1 Å². The molecule has 0 unspecified atom stereocenters. The molecule has 0 radical (unpaired) electrons. The fourth-order valence-electron chi connectivity index (χ4n) is 3.54. The molecule has 2 aliphatic heterocycles. The molecule has 142 valence electrons. The molecule has 6 nitrogen and oxygen atoms in total. The van der Waals surface area contributed by atoms with E-state index in [1.807, 2.05) is 35.2 Å². The fourth-order valence-corrected chi connectivity index (χ4v) is 4.30. The summed E-state index contributed by atoms with van der Waals surface area (Å²) in [7, 11) is 0. The molecule has 1 aromatic carbocycles. The van der Waals surface area contributed by atoms with Gasteiger partial charge in [0.05, 0.1) is 13.2 Å². The van der Waals surface area contributed by atoms with E-state index in [0.717, 1.165) is 54.8 Å². The summed E-state index contributed by atoms with van der Waals surface area (Å²) in [4.78, 5) is 18.0. The predicted molar refractivity (Wildman–Crippen MR) is 105 cm³/mol. The monoisotopic (exact) mass is 384 g/mol. The number of aromatic nitrogens is 2. The third-order valence-corrected chi connectivity index (χ3v) is 6.02. The normalized spacial score (nSPS) is 18.5. The van der Waals surface area contributed by atoms with Crippen molar-refractivity contribution in [1.29, 1.82) is 0 Å². The van der Waals surface area contributed by atoms with E-state index in [1.165, 1.54) is 0 Å². The second kappa shape index (κ2) is 8.71. The number of nitrogens with zero attached hydrogens (tertiary/aromatic N) is 4. The second-order valence-corrected chi connectivity index (χ2v) is 7.94. The van der Waals surface area contributed by atoms with E-state index in [2.05, 4.69) is 27.2 Å². The number of anilines is 1. The first-order valence-corrected chi connectivity index (χ1v) is 10.3. The molecule has 0 spiro atoms. The van der Waals surface area contributed by atoms with Crippen molar-refractivity contribution in [2.45, 2.75) is 22.8 Å². The smallest absolute Gasteiger partial charge is 0.225 e. The molecule has 0 saturated carbocycles. The molecule has 7 heteroatoms. The number of ether oxygens (including phenoxy) is 1. The van der Waals surface area contributed by atoms with Gasteiger partial charge in [0.1, 0.15) is 5.03 Å². The number of rotatable bonds is 4. The average molecular weight is 385 g/mol. The Bertz CT molecular complexity index is 742. The van der Waals surface area contributed by atoms with Crippen molar-refractivity contribution >= 4 is 23.5 Å². The van der Waals surface area contributed by atoms with Crippen LogP contribution in [0.5, 0.6) is 0 Å². The topological polar surface area (TPSA) is 58.6 Å². The van der Waals surface area contributed by atoms with Crippen molar-refractivity contribution in [3.63, 3.8) is 0 Å². The second-order valence-electron chi connectivity index (χ2n) is 6.84. The summed E-state index contributed by atoms with van der Waals surface area (Å²) in [5.74, 6) is 1.31. The number of morpholine rings is 1. The van der Waals surface area contributed by atoms with Crippen LogP contribution in [0.25, 0.3) is 0 Å². The number of carbonyl (C=O) groups is 1. The number of hydrogen-bond acceptors (Lipinski definition) is 6. The molecule has 1 aromatic heterocycles. The van der Waals surface area contributed by atoms with Crippen molar-refractivity contribution in [3.8, 4) is 0 Å². The van der Waals surface area contributed by atoms with Gasteiger partial charge in [0, 0.05) is 37.0 Å². The molecule has 4 rings (SSSR count). The lowest BCUT2D eigenvalue weighted by Gasteiger charge is -2.35. The molecule has 3 heterocycles. The Labute approximate surface area is 163 Å². The van der Waals surface area contributed by atoms with E-state index in [4.69, 9.17) is 4.74 Å². The summed E-state index contributed by atoms with van der Waals surface area (Å²) in [5, 5.41) is 9.65. The van der Waals surface area contributed by atoms with Crippen LogP contribution < -0.4 is 4.90 Å². The quantitative estimate of drug-likeness (QED) is 0.808. The number of amides is 1. The number of benzene rings is 1. The van der Waals surface area contributed by atoms with Crippen molar-refractivity contribution < 1.29 is 9.53 Å². The molecule has 0 bridgehead atoms. The van der Waals surface area contributed by atoms with E-state index >= 15 is 0 Å². The van der Waals surface area contributed by atoms with Gasteiger partial charge in [-0.3, -0.25) is 4.79 Å². The molecule has 2 saturated heterocycles. The summed E-state index contributed by atoms with van der Waals surface area (Å²) in [6.45, 7) is 4.47. The molecule has 0 aliphatic carbocycles. The van der Waals surface area contributed by atoms with Crippen molar-refractivity contribution in [2.75, 3.05) is 44.3 Å². The molecule has 1 amide bonds. The van der Waals surface area contributed by atoms with Crippen LogP contribution in [0.4, 0.5) is 5.82 Å². The lowest BCUT2D eigenvalue weighted by molar-refractivity contribution is -0.140. The molecular weight excluding hydrogens is 360 g/mol. The fraction of sp³-hybridized carbons (Fsp3) is 0.450. The van der Waals surface area contributed by atoms with Crippen LogP contribution in [0.2, 0.25) is 0 Å². The highest BCUT2D eigenvalue weighted by Crippen LogP contribution is 2.27. The molecular formula is C20H24N4O2S. The Morgan fingerprint density at radius 1 is 0.963 bits per heavy atom. The van der Waals surface area contributed by atoms with E-state index < -0.39 is 0 Å². The zero-order chi connectivity index (χ0) is 18.5. The van der Waals surface area contributed by atoms with Crippen LogP contribution >= 0.6 is 11.8 Å².